The molecule has 0 aliphatic carbocycles. The number of rotatable bonds is 7. The van der Waals surface area contributed by atoms with Crippen molar-refractivity contribution in [2.75, 3.05) is 5.32 Å². The molecule has 0 saturated heterocycles. The smallest absolute Gasteiger partial charge is 0.256 e. The highest BCUT2D eigenvalue weighted by Gasteiger charge is 2.13. The topological polar surface area (TPSA) is 82.2 Å². The molecular formula is C25H26N4O3. The summed E-state index contributed by atoms with van der Waals surface area (Å²) in [6.07, 6.45) is 0. The van der Waals surface area contributed by atoms with E-state index in [-0.39, 0.29) is 5.91 Å². The van der Waals surface area contributed by atoms with E-state index in [1.54, 1.807) is 18.2 Å². The van der Waals surface area contributed by atoms with Crippen LogP contribution in [0.15, 0.2) is 59.1 Å². The Morgan fingerprint density at radius 2 is 1.88 bits per heavy atom. The predicted molar refractivity (Wildman–Crippen MR) is 122 cm³/mol. The van der Waals surface area contributed by atoms with Crippen LogP contribution in [0.3, 0.4) is 0 Å². The zero-order valence-corrected chi connectivity index (χ0v) is 18.7. The summed E-state index contributed by atoms with van der Waals surface area (Å²) in [6.45, 7) is 8.74. The van der Waals surface area contributed by atoms with Crippen molar-refractivity contribution in [3.05, 3.63) is 94.0 Å². The molecule has 7 nitrogen and oxygen atoms in total. The summed E-state index contributed by atoms with van der Waals surface area (Å²) < 4.78 is 12.9. The predicted octanol–water partition coefficient (Wildman–Crippen LogP) is 4.98. The fraction of sp³-hybridized carbons (Fsp3) is 0.240. The largest absolute Gasteiger partial charge is 0.489 e. The fourth-order valence-electron chi connectivity index (χ4n) is 3.49. The number of nitrogens with one attached hydrogen (secondary N) is 1. The minimum atomic E-state index is -0.243. The molecule has 32 heavy (non-hydrogen) atoms. The standard InChI is InChI=1S/C25H26N4O3/c1-16-7-5-8-20(11-16)14-29-17(2)12-24(27-29)26-25(30)21-9-6-10-22(13-21)31-15-23-18(3)28-32-19(23)4/h5-13H,14-15H2,1-4H3,(H,26,27,30). The minimum absolute atomic E-state index is 0.243. The maximum Gasteiger partial charge on any atom is 0.256 e. The van der Waals surface area contributed by atoms with Crippen LogP contribution in [-0.2, 0) is 13.2 Å². The quantitative estimate of drug-likeness (QED) is 0.447. The van der Waals surface area contributed by atoms with Gasteiger partial charge >= 0.3 is 0 Å². The molecule has 2 heterocycles. The third-order valence-electron chi connectivity index (χ3n) is 5.30. The number of amides is 1. The Labute approximate surface area is 187 Å². The van der Waals surface area contributed by atoms with E-state index in [0.29, 0.717) is 30.3 Å². The third-order valence-corrected chi connectivity index (χ3v) is 5.30. The average Bonchev–Trinajstić information content (AvgIpc) is 3.27. The SMILES string of the molecule is Cc1cccc(Cn2nc(NC(=O)c3cccc(OCc4c(C)noc4C)c3)cc2C)c1. The van der Waals surface area contributed by atoms with Crippen LogP contribution in [-0.4, -0.2) is 20.8 Å². The van der Waals surface area contributed by atoms with Gasteiger partial charge in [-0.15, -0.1) is 0 Å². The average molecular weight is 431 g/mol. The van der Waals surface area contributed by atoms with Gasteiger partial charge in [-0.1, -0.05) is 41.1 Å². The number of carbonyl (C=O) groups is 1. The zero-order chi connectivity index (χ0) is 22.7. The summed E-state index contributed by atoms with van der Waals surface area (Å²) in [6, 6.07) is 17.2. The van der Waals surface area contributed by atoms with Crippen molar-refractivity contribution < 1.29 is 14.1 Å². The van der Waals surface area contributed by atoms with Crippen molar-refractivity contribution in [1.29, 1.82) is 0 Å². The van der Waals surface area contributed by atoms with Gasteiger partial charge in [-0.3, -0.25) is 9.48 Å². The van der Waals surface area contributed by atoms with Crippen LogP contribution in [0.4, 0.5) is 5.82 Å². The number of hydrogen-bond acceptors (Lipinski definition) is 5. The van der Waals surface area contributed by atoms with Gasteiger partial charge in [0.1, 0.15) is 18.1 Å². The summed E-state index contributed by atoms with van der Waals surface area (Å²) >= 11 is 0. The molecule has 4 aromatic rings. The van der Waals surface area contributed by atoms with E-state index in [1.807, 2.05) is 43.7 Å². The Hall–Kier alpha value is -3.87. The Morgan fingerprint density at radius 3 is 2.62 bits per heavy atom. The lowest BCUT2D eigenvalue weighted by Crippen LogP contribution is -2.13. The van der Waals surface area contributed by atoms with Gasteiger partial charge in [-0.05, 0) is 51.5 Å². The molecule has 2 aromatic carbocycles. The lowest BCUT2D eigenvalue weighted by Gasteiger charge is -2.08. The van der Waals surface area contributed by atoms with E-state index in [4.69, 9.17) is 9.26 Å². The molecule has 0 aliphatic rings. The van der Waals surface area contributed by atoms with Crippen LogP contribution in [0, 0.1) is 27.7 Å². The molecule has 0 atom stereocenters. The molecule has 1 amide bonds. The molecule has 0 saturated carbocycles. The molecule has 0 aliphatic heterocycles. The highest BCUT2D eigenvalue weighted by atomic mass is 16.5. The Kier molecular flexibility index (Phi) is 6.07. The van der Waals surface area contributed by atoms with Gasteiger partial charge in [-0.25, -0.2) is 0 Å². The summed E-state index contributed by atoms with van der Waals surface area (Å²) in [5.41, 5.74) is 5.54. The van der Waals surface area contributed by atoms with Gasteiger partial charge in [0.2, 0.25) is 0 Å². The molecule has 0 spiro atoms. The molecule has 1 N–H and O–H groups in total. The maximum absolute atomic E-state index is 12.8. The van der Waals surface area contributed by atoms with Gasteiger partial charge in [0, 0.05) is 17.3 Å². The third kappa shape index (κ3) is 4.88. The van der Waals surface area contributed by atoms with Gasteiger partial charge in [0.15, 0.2) is 5.82 Å². The highest BCUT2D eigenvalue weighted by molar-refractivity contribution is 6.04. The number of aryl methyl sites for hydroxylation is 4. The normalized spacial score (nSPS) is 10.9. The molecule has 7 heteroatoms. The van der Waals surface area contributed by atoms with Crippen molar-refractivity contribution >= 4 is 11.7 Å². The number of hydrogen-bond donors (Lipinski definition) is 1. The van der Waals surface area contributed by atoms with Crippen LogP contribution in [0.25, 0.3) is 0 Å². The van der Waals surface area contributed by atoms with Crippen LogP contribution >= 0.6 is 0 Å². The van der Waals surface area contributed by atoms with E-state index in [0.717, 1.165) is 28.3 Å². The minimum Gasteiger partial charge on any atom is -0.489 e. The first kappa shape index (κ1) is 21.4. The number of nitrogens with zero attached hydrogens (tertiary/aromatic N) is 3. The van der Waals surface area contributed by atoms with Gasteiger partial charge in [0.05, 0.1) is 17.8 Å². The molecule has 0 radical (unpaired) electrons. The second-order valence-electron chi connectivity index (χ2n) is 7.89. The second-order valence-corrected chi connectivity index (χ2v) is 7.89. The van der Waals surface area contributed by atoms with E-state index >= 15 is 0 Å². The number of aromatic nitrogens is 3. The van der Waals surface area contributed by atoms with E-state index in [9.17, 15) is 4.79 Å². The van der Waals surface area contributed by atoms with Crippen LogP contribution in [0.1, 0.15) is 44.2 Å². The monoisotopic (exact) mass is 430 g/mol. The van der Waals surface area contributed by atoms with Crippen molar-refractivity contribution in [2.45, 2.75) is 40.8 Å². The van der Waals surface area contributed by atoms with Gasteiger partial charge in [0.25, 0.3) is 5.91 Å². The first-order valence-corrected chi connectivity index (χ1v) is 10.4. The Morgan fingerprint density at radius 1 is 1.06 bits per heavy atom. The first-order valence-electron chi connectivity index (χ1n) is 10.4. The summed E-state index contributed by atoms with van der Waals surface area (Å²) in [5, 5.41) is 11.4. The summed E-state index contributed by atoms with van der Waals surface area (Å²) in [5.74, 6) is 1.60. The highest BCUT2D eigenvalue weighted by Crippen LogP contribution is 2.20. The van der Waals surface area contributed by atoms with E-state index in [1.165, 1.54) is 5.56 Å². The molecule has 0 unspecified atom stereocenters. The van der Waals surface area contributed by atoms with E-state index < -0.39 is 0 Å². The van der Waals surface area contributed by atoms with Crippen molar-refractivity contribution in [1.82, 2.24) is 14.9 Å². The molecule has 4 rings (SSSR count). The number of carbonyl (C=O) groups excluding carboxylic acids is 1. The van der Waals surface area contributed by atoms with E-state index in [2.05, 4.69) is 40.7 Å². The lowest BCUT2D eigenvalue weighted by atomic mass is 10.1. The van der Waals surface area contributed by atoms with Crippen molar-refractivity contribution in [3.8, 4) is 5.75 Å². The van der Waals surface area contributed by atoms with Crippen LogP contribution in [0.5, 0.6) is 5.75 Å². The number of anilines is 1. The second kappa shape index (κ2) is 9.09. The van der Waals surface area contributed by atoms with Crippen LogP contribution in [0.2, 0.25) is 0 Å². The Balaban J connectivity index is 1.42. The van der Waals surface area contributed by atoms with Crippen LogP contribution < -0.4 is 10.1 Å². The lowest BCUT2D eigenvalue weighted by molar-refractivity contribution is 0.102. The summed E-state index contributed by atoms with van der Waals surface area (Å²) in [7, 11) is 0. The zero-order valence-electron chi connectivity index (χ0n) is 18.7. The molecule has 2 aromatic heterocycles. The van der Waals surface area contributed by atoms with Crippen molar-refractivity contribution in [2.24, 2.45) is 0 Å². The van der Waals surface area contributed by atoms with Crippen molar-refractivity contribution in [3.63, 3.8) is 0 Å². The first-order chi connectivity index (χ1) is 15.4. The Bertz CT molecular complexity index is 1240. The molecule has 0 bridgehead atoms. The fourth-order valence-corrected chi connectivity index (χ4v) is 3.49. The maximum atomic E-state index is 12.8. The molecular weight excluding hydrogens is 404 g/mol. The number of ether oxygens (including phenoxy) is 1. The van der Waals surface area contributed by atoms with Gasteiger partial charge < -0.3 is 14.6 Å². The van der Waals surface area contributed by atoms with Gasteiger partial charge in [-0.2, -0.15) is 5.10 Å². The molecule has 0 fully saturated rings. The number of benzene rings is 2. The molecule has 164 valence electrons. The summed E-state index contributed by atoms with van der Waals surface area (Å²) in [4.78, 5) is 12.8.